The fourth-order valence-corrected chi connectivity index (χ4v) is 3.44. The Morgan fingerprint density at radius 1 is 1.42 bits per heavy atom. The largest absolute Gasteiger partial charge is 0.332 e. The summed E-state index contributed by atoms with van der Waals surface area (Å²) in [5.41, 5.74) is 1.47. The van der Waals surface area contributed by atoms with E-state index in [2.05, 4.69) is 30.9 Å². The maximum atomic E-state index is 12.9. The summed E-state index contributed by atoms with van der Waals surface area (Å²) in [6, 6.07) is 7.32. The number of carbonyl (C=O) groups is 1. The molecule has 1 fully saturated rings. The fraction of sp³-hybridized carbons (Fsp3) is 0.267. The van der Waals surface area contributed by atoms with Crippen LogP contribution in [0.15, 0.2) is 35.8 Å². The Balaban J connectivity index is 1.55. The van der Waals surface area contributed by atoms with E-state index in [9.17, 15) is 4.79 Å². The van der Waals surface area contributed by atoms with E-state index in [4.69, 9.17) is 0 Å². The third-order valence-electron chi connectivity index (χ3n) is 3.97. The number of thiazole rings is 1. The molecule has 0 bridgehead atoms. The molecule has 1 amide bonds. The number of nitrogens with zero attached hydrogens (tertiary/aromatic N) is 5. The molecule has 24 heavy (non-hydrogen) atoms. The Kier molecular flexibility index (Phi) is 3.91. The molecule has 1 saturated heterocycles. The lowest BCUT2D eigenvalue weighted by Gasteiger charge is -2.22. The van der Waals surface area contributed by atoms with Crippen molar-refractivity contribution in [3.8, 4) is 0 Å². The molecule has 3 aromatic rings. The molecule has 0 spiro atoms. The van der Waals surface area contributed by atoms with Crippen molar-refractivity contribution in [2.24, 2.45) is 0 Å². The van der Waals surface area contributed by atoms with Gasteiger partial charge in [0, 0.05) is 29.4 Å². The Labute approximate surface area is 141 Å². The lowest BCUT2D eigenvalue weighted by Crippen LogP contribution is -2.31. The summed E-state index contributed by atoms with van der Waals surface area (Å²) in [4.78, 5) is 18.9. The highest BCUT2D eigenvalue weighted by atomic mass is 32.1. The number of rotatable bonds is 4. The van der Waals surface area contributed by atoms with Crippen LogP contribution in [0, 0.1) is 0 Å². The van der Waals surface area contributed by atoms with Gasteiger partial charge in [-0.05, 0) is 31.0 Å². The zero-order chi connectivity index (χ0) is 16.4. The van der Waals surface area contributed by atoms with Gasteiger partial charge in [-0.25, -0.2) is 4.98 Å². The first-order chi connectivity index (χ1) is 11.8. The molecule has 1 aliphatic rings. The minimum absolute atomic E-state index is 0.0231. The molecule has 0 saturated carbocycles. The average Bonchev–Trinajstić information content (AvgIpc) is 3.35. The van der Waals surface area contributed by atoms with Gasteiger partial charge < -0.3 is 10.2 Å². The highest BCUT2D eigenvalue weighted by Gasteiger charge is 2.33. The van der Waals surface area contributed by atoms with E-state index in [1.54, 1.807) is 6.20 Å². The second-order valence-corrected chi connectivity index (χ2v) is 6.36. The second-order valence-electron chi connectivity index (χ2n) is 5.47. The summed E-state index contributed by atoms with van der Waals surface area (Å²) in [6.07, 6.45) is 3.52. The van der Waals surface area contributed by atoms with Crippen LogP contribution in [0.25, 0.3) is 0 Å². The first-order valence-electron chi connectivity index (χ1n) is 7.62. The van der Waals surface area contributed by atoms with Gasteiger partial charge in [0.15, 0.2) is 11.0 Å². The molecule has 122 valence electrons. The molecule has 0 radical (unpaired) electrons. The van der Waals surface area contributed by atoms with Crippen LogP contribution >= 0.6 is 11.3 Å². The van der Waals surface area contributed by atoms with Crippen LogP contribution in [-0.2, 0) is 0 Å². The highest BCUT2D eigenvalue weighted by Crippen LogP contribution is 2.31. The monoisotopic (exact) mass is 341 g/mol. The number of tetrazole rings is 1. The number of hydrogen-bond donors (Lipinski definition) is 2. The summed E-state index contributed by atoms with van der Waals surface area (Å²) in [5, 5.41) is 20.0. The van der Waals surface area contributed by atoms with Gasteiger partial charge in [0.25, 0.3) is 5.91 Å². The molecule has 9 heteroatoms. The van der Waals surface area contributed by atoms with Gasteiger partial charge >= 0.3 is 0 Å². The highest BCUT2D eigenvalue weighted by molar-refractivity contribution is 7.13. The predicted octanol–water partition coefficient (Wildman–Crippen LogP) is 2.38. The van der Waals surface area contributed by atoms with Gasteiger partial charge in [0.1, 0.15) is 0 Å². The molecular formula is C15H15N7OS. The molecule has 2 N–H and O–H groups in total. The van der Waals surface area contributed by atoms with Crippen molar-refractivity contribution < 1.29 is 4.79 Å². The van der Waals surface area contributed by atoms with E-state index in [1.807, 2.05) is 34.5 Å². The molecule has 2 aromatic heterocycles. The molecular weight excluding hydrogens is 326 g/mol. The summed E-state index contributed by atoms with van der Waals surface area (Å²) < 4.78 is 0. The number of benzene rings is 1. The van der Waals surface area contributed by atoms with Crippen LogP contribution in [0.5, 0.6) is 0 Å². The molecule has 4 rings (SSSR count). The number of carbonyl (C=O) groups excluding carboxylic acids is 1. The third kappa shape index (κ3) is 2.85. The maximum absolute atomic E-state index is 12.9. The second kappa shape index (κ2) is 6.36. The SMILES string of the molecule is O=C(c1cccc(Nc2nccs2)c1)N1CCCC1c1nn[nH]n1. The summed E-state index contributed by atoms with van der Waals surface area (Å²) in [6.45, 7) is 0.697. The van der Waals surface area contributed by atoms with Crippen LogP contribution in [0.3, 0.4) is 0 Å². The lowest BCUT2D eigenvalue weighted by atomic mass is 10.1. The molecule has 1 unspecified atom stereocenters. The predicted molar refractivity (Wildman–Crippen MR) is 89.0 cm³/mol. The normalized spacial score (nSPS) is 17.2. The van der Waals surface area contributed by atoms with Crippen molar-refractivity contribution in [1.29, 1.82) is 0 Å². The zero-order valence-electron chi connectivity index (χ0n) is 12.7. The Morgan fingerprint density at radius 2 is 2.38 bits per heavy atom. The van der Waals surface area contributed by atoms with E-state index >= 15 is 0 Å². The number of aromatic amines is 1. The van der Waals surface area contributed by atoms with Crippen molar-refractivity contribution in [1.82, 2.24) is 30.5 Å². The minimum atomic E-state index is -0.119. The van der Waals surface area contributed by atoms with Gasteiger partial charge in [-0.3, -0.25) is 4.79 Å². The molecule has 3 heterocycles. The Bertz CT molecular complexity index is 818. The molecule has 8 nitrogen and oxygen atoms in total. The van der Waals surface area contributed by atoms with Gasteiger partial charge in [-0.1, -0.05) is 11.3 Å². The van der Waals surface area contributed by atoms with E-state index in [0.29, 0.717) is 17.9 Å². The zero-order valence-corrected chi connectivity index (χ0v) is 13.5. The van der Waals surface area contributed by atoms with Crippen molar-refractivity contribution in [3.05, 3.63) is 47.2 Å². The number of aromatic nitrogens is 5. The quantitative estimate of drug-likeness (QED) is 0.756. The van der Waals surface area contributed by atoms with Crippen LogP contribution < -0.4 is 5.32 Å². The van der Waals surface area contributed by atoms with Crippen LogP contribution in [0.4, 0.5) is 10.8 Å². The number of likely N-dealkylation sites (tertiary alicyclic amines) is 1. The summed E-state index contributed by atoms with van der Waals surface area (Å²) in [7, 11) is 0. The van der Waals surface area contributed by atoms with Gasteiger partial charge in [0.2, 0.25) is 0 Å². The topological polar surface area (TPSA) is 99.7 Å². The first kappa shape index (κ1) is 14.8. The fourth-order valence-electron chi connectivity index (χ4n) is 2.89. The van der Waals surface area contributed by atoms with E-state index in [-0.39, 0.29) is 11.9 Å². The van der Waals surface area contributed by atoms with Crippen molar-refractivity contribution in [3.63, 3.8) is 0 Å². The number of amides is 1. The van der Waals surface area contributed by atoms with Crippen LogP contribution in [0.2, 0.25) is 0 Å². The first-order valence-corrected chi connectivity index (χ1v) is 8.50. The lowest BCUT2D eigenvalue weighted by molar-refractivity contribution is 0.0730. The minimum Gasteiger partial charge on any atom is -0.332 e. The standard InChI is InChI=1S/C15H15N7OS/c23-14(22-7-2-5-12(22)13-18-20-21-19-13)10-3-1-4-11(9-10)17-15-16-6-8-24-15/h1,3-4,6,8-9,12H,2,5,7H2,(H,16,17)(H,18,19,20,21). The Morgan fingerprint density at radius 3 is 3.17 bits per heavy atom. The van der Waals surface area contributed by atoms with Crippen molar-refractivity contribution in [2.45, 2.75) is 18.9 Å². The van der Waals surface area contributed by atoms with Crippen molar-refractivity contribution in [2.75, 3.05) is 11.9 Å². The molecule has 1 aromatic carbocycles. The number of H-pyrrole nitrogens is 1. The molecule has 1 atom stereocenters. The molecule has 1 aliphatic heterocycles. The maximum Gasteiger partial charge on any atom is 0.254 e. The van der Waals surface area contributed by atoms with Crippen LogP contribution in [0.1, 0.15) is 35.1 Å². The van der Waals surface area contributed by atoms with E-state index in [1.165, 1.54) is 11.3 Å². The number of nitrogens with one attached hydrogen (secondary N) is 2. The van der Waals surface area contributed by atoms with Gasteiger partial charge in [-0.2, -0.15) is 5.21 Å². The average molecular weight is 341 g/mol. The van der Waals surface area contributed by atoms with Gasteiger partial charge in [-0.15, -0.1) is 21.5 Å². The number of hydrogen-bond acceptors (Lipinski definition) is 7. The number of anilines is 2. The Hall–Kier alpha value is -2.81. The summed E-state index contributed by atoms with van der Waals surface area (Å²) in [5.74, 6) is 0.544. The summed E-state index contributed by atoms with van der Waals surface area (Å²) >= 11 is 1.51. The van der Waals surface area contributed by atoms with Crippen molar-refractivity contribution >= 4 is 28.1 Å². The van der Waals surface area contributed by atoms with E-state index in [0.717, 1.165) is 23.7 Å². The van der Waals surface area contributed by atoms with Gasteiger partial charge in [0.05, 0.1) is 6.04 Å². The van der Waals surface area contributed by atoms with Crippen LogP contribution in [-0.4, -0.2) is 43.0 Å². The molecule has 0 aliphatic carbocycles. The van der Waals surface area contributed by atoms with E-state index < -0.39 is 0 Å². The smallest absolute Gasteiger partial charge is 0.254 e. The third-order valence-corrected chi connectivity index (χ3v) is 4.66.